The molecule has 0 saturated carbocycles. The van der Waals surface area contributed by atoms with E-state index >= 15 is 0 Å². The number of carbonyl (C=O) groups is 1. The number of hydrogen-bond acceptors (Lipinski definition) is 4. The molecule has 1 aliphatic rings. The first-order chi connectivity index (χ1) is 14.6. The van der Waals surface area contributed by atoms with Crippen molar-refractivity contribution in [2.45, 2.75) is 19.6 Å². The lowest BCUT2D eigenvalue weighted by molar-refractivity contribution is 0.0697. The summed E-state index contributed by atoms with van der Waals surface area (Å²) in [6.45, 7) is 3.34. The molecule has 7 heteroatoms. The number of aromatic nitrogens is 3. The summed E-state index contributed by atoms with van der Waals surface area (Å²) in [6, 6.07) is 15.2. The second kappa shape index (κ2) is 7.55. The lowest BCUT2D eigenvalue weighted by Crippen LogP contribution is -2.33. The van der Waals surface area contributed by atoms with Crippen molar-refractivity contribution < 1.29 is 9.90 Å². The Labute approximate surface area is 178 Å². The van der Waals surface area contributed by atoms with E-state index in [1.807, 2.05) is 18.2 Å². The van der Waals surface area contributed by atoms with E-state index in [1.54, 1.807) is 30.6 Å². The smallest absolute Gasteiger partial charge is 0.335 e. The first-order valence-corrected chi connectivity index (χ1v) is 10.1. The fourth-order valence-electron chi connectivity index (χ4n) is 4.12. The van der Waals surface area contributed by atoms with Crippen LogP contribution in [0.25, 0.3) is 22.2 Å². The Kier molecular flexibility index (Phi) is 4.73. The van der Waals surface area contributed by atoms with Gasteiger partial charge in [-0.2, -0.15) is 0 Å². The van der Waals surface area contributed by atoms with Crippen LogP contribution >= 0.6 is 11.6 Å². The van der Waals surface area contributed by atoms with Crippen molar-refractivity contribution >= 4 is 28.5 Å². The highest BCUT2D eigenvalue weighted by molar-refractivity contribution is 6.29. The Hall–Kier alpha value is -3.22. The Balaban J connectivity index is 1.42. The third-order valence-electron chi connectivity index (χ3n) is 5.55. The van der Waals surface area contributed by atoms with Gasteiger partial charge in [0, 0.05) is 60.7 Å². The maximum atomic E-state index is 11.3. The van der Waals surface area contributed by atoms with E-state index in [-0.39, 0.29) is 0 Å². The number of nitrogens with zero attached hydrogens (tertiary/aromatic N) is 4. The first-order valence-electron chi connectivity index (χ1n) is 9.72. The molecule has 4 aromatic rings. The maximum Gasteiger partial charge on any atom is 0.335 e. The number of benzene rings is 1. The molecule has 1 aromatic carbocycles. The number of rotatable bonds is 4. The minimum atomic E-state index is -0.900. The SMILES string of the molecule is O=C(O)c1ccc2c(c1)cc1n2CCN(Cc2cccnc2-c2ccc(Cl)nc2)C1. The molecule has 150 valence electrons. The Morgan fingerprint density at radius 2 is 2.00 bits per heavy atom. The molecule has 0 aliphatic carbocycles. The number of halogens is 1. The first kappa shape index (κ1) is 18.8. The topological polar surface area (TPSA) is 71.2 Å². The van der Waals surface area contributed by atoms with Crippen molar-refractivity contribution in [3.05, 3.63) is 82.9 Å². The lowest BCUT2D eigenvalue weighted by Gasteiger charge is -2.29. The molecule has 1 N–H and O–H groups in total. The van der Waals surface area contributed by atoms with Crippen LogP contribution in [0, 0.1) is 0 Å². The summed E-state index contributed by atoms with van der Waals surface area (Å²) in [4.78, 5) is 22.4. The molecule has 30 heavy (non-hydrogen) atoms. The van der Waals surface area contributed by atoms with Crippen molar-refractivity contribution in [3.8, 4) is 11.3 Å². The Morgan fingerprint density at radius 1 is 1.10 bits per heavy atom. The molecule has 0 bridgehead atoms. The van der Waals surface area contributed by atoms with E-state index in [9.17, 15) is 9.90 Å². The van der Waals surface area contributed by atoms with Gasteiger partial charge in [-0.1, -0.05) is 17.7 Å². The highest BCUT2D eigenvalue weighted by Crippen LogP contribution is 2.28. The van der Waals surface area contributed by atoms with Crippen LogP contribution in [0.4, 0.5) is 0 Å². The second-order valence-corrected chi connectivity index (χ2v) is 7.84. The van der Waals surface area contributed by atoms with Crippen LogP contribution in [0.1, 0.15) is 21.6 Å². The van der Waals surface area contributed by atoms with Crippen LogP contribution in [0.3, 0.4) is 0 Å². The fraction of sp³-hybridized carbons (Fsp3) is 0.174. The standard InChI is InChI=1S/C23H19ClN4O2/c24-21-6-4-16(12-26-21)22-17(2-1-7-25-22)13-27-8-9-28-19(14-27)11-18-10-15(23(29)30)3-5-20(18)28/h1-7,10-12H,8-9,13-14H2,(H,29,30). The largest absolute Gasteiger partial charge is 0.478 e. The number of carboxylic acid groups (broad SMARTS) is 1. The van der Waals surface area contributed by atoms with Gasteiger partial charge in [0.15, 0.2) is 0 Å². The predicted molar refractivity (Wildman–Crippen MR) is 115 cm³/mol. The number of hydrogen-bond donors (Lipinski definition) is 1. The molecule has 5 rings (SSSR count). The molecule has 1 aliphatic heterocycles. The fourth-order valence-corrected chi connectivity index (χ4v) is 4.24. The third-order valence-corrected chi connectivity index (χ3v) is 5.77. The third kappa shape index (κ3) is 3.44. The van der Waals surface area contributed by atoms with Gasteiger partial charge in [0.25, 0.3) is 0 Å². The van der Waals surface area contributed by atoms with E-state index in [1.165, 1.54) is 5.69 Å². The molecule has 0 saturated heterocycles. The van der Waals surface area contributed by atoms with E-state index in [0.29, 0.717) is 10.7 Å². The Morgan fingerprint density at radius 3 is 2.80 bits per heavy atom. The molecule has 0 unspecified atom stereocenters. The van der Waals surface area contributed by atoms with Crippen molar-refractivity contribution in [3.63, 3.8) is 0 Å². The van der Waals surface area contributed by atoms with Crippen LogP contribution < -0.4 is 0 Å². The summed E-state index contributed by atoms with van der Waals surface area (Å²) in [6.07, 6.45) is 3.55. The number of pyridine rings is 2. The number of aromatic carboxylic acids is 1. The van der Waals surface area contributed by atoms with Crippen molar-refractivity contribution in [2.75, 3.05) is 6.54 Å². The average molecular weight is 419 g/mol. The predicted octanol–water partition coefficient (Wildman–Crippen LogP) is 4.47. The zero-order valence-electron chi connectivity index (χ0n) is 16.1. The van der Waals surface area contributed by atoms with Crippen LogP contribution in [0.2, 0.25) is 5.15 Å². The normalized spacial score (nSPS) is 14.0. The molecule has 0 spiro atoms. The average Bonchev–Trinajstić information content (AvgIpc) is 3.11. The van der Waals surface area contributed by atoms with Gasteiger partial charge in [-0.3, -0.25) is 9.88 Å². The van der Waals surface area contributed by atoms with Crippen LogP contribution in [-0.4, -0.2) is 37.1 Å². The zero-order valence-corrected chi connectivity index (χ0v) is 16.9. The Bertz CT molecular complexity index is 1250. The minimum absolute atomic E-state index is 0.318. The minimum Gasteiger partial charge on any atom is -0.478 e. The number of carboxylic acids is 1. The van der Waals surface area contributed by atoms with Crippen LogP contribution in [-0.2, 0) is 19.6 Å². The summed E-state index contributed by atoms with van der Waals surface area (Å²) in [5.74, 6) is -0.900. The van der Waals surface area contributed by atoms with E-state index in [2.05, 4.69) is 31.6 Å². The summed E-state index contributed by atoms with van der Waals surface area (Å²) >= 11 is 5.93. The summed E-state index contributed by atoms with van der Waals surface area (Å²) in [5, 5.41) is 10.7. The van der Waals surface area contributed by atoms with Gasteiger partial charge in [0.2, 0.25) is 0 Å². The van der Waals surface area contributed by atoms with Crippen LogP contribution in [0.5, 0.6) is 0 Å². The van der Waals surface area contributed by atoms with E-state index in [4.69, 9.17) is 11.6 Å². The second-order valence-electron chi connectivity index (χ2n) is 7.46. The molecular formula is C23H19ClN4O2. The highest BCUT2D eigenvalue weighted by Gasteiger charge is 2.20. The monoisotopic (exact) mass is 418 g/mol. The summed E-state index contributed by atoms with van der Waals surface area (Å²) in [5.41, 5.74) is 5.60. The lowest BCUT2D eigenvalue weighted by atomic mass is 10.1. The van der Waals surface area contributed by atoms with Crippen molar-refractivity contribution in [1.29, 1.82) is 0 Å². The molecule has 0 radical (unpaired) electrons. The summed E-state index contributed by atoms with van der Waals surface area (Å²) < 4.78 is 2.28. The molecule has 0 amide bonds. The molecule has 6 nitrogen and oxygen atoms in total. The van der Waals surface area contributed by atoms with Crippen LogP contribution in [0.15, 0.2) is 60.9 Å². The van der Waals surface area contributed by atoms with Gasteiger partial charge >= 0.3 is 5.97 Å². The molecular weight excluding hydrogens is 400 g/mol. The van der Waals surface area contributed by atoms with Gasteiger partial charge in [0.1, 0.15) is 5.15 Å². The van der Waals surface area contributed by atoms with Gasteiger partial charge in [-0.15, -0.1) is 0 Å². The van der Waals surface area contributed by atoms with Crippen molar-refractivity contribution in [2.24, 2.45) is 0 Å². The molecule has 0 atom stereocenters. The molecule has 3 aromatic heterocycles. The quantitative estimate of drug-likeness (QED) is 0.495. The maximum absolute atomic E-state index is 11.3. The van der Waals surface area contributed by atoms with E-state index in [0.717, 1.165) is 53.9 Å². The number of fused-ring (bicyclic) bond motifs is 3. The van der Waals surface area contributed by atoms with Crippen molar-refractivity contribution in [1.82, 2.24) is 19.4 Å². The van der Waals surface area contributed by atoms with Gasteiger partial charge in [-0.05, 0) is 48.0 Å². The summed E-state index contributed by atoms with van der Waals surface area (Å²) in [7, 11) is 0. The zero-order chi connectivity index (χ0) is 20.7. The van der Waals surface area contributed by atoms with E-state index < -0.39 is 5.97 Å². The van der Waals surface area contributed by atoms with Gasteiger partial charge in [-0.25, -0.2) is 9.78 Å². The van der Waals surface area contributed by atoms with Gasteiger partial charge < -0.3 is 9.67 Å². The molecule has 0 fully saturated rings. The molecule has 4 heterocycles. The highest BCUT2D eigenvalue weighted by atomic mass is 35.5. The van der Waals surface area contributed by atoms with Gasteiger partial charge in [0.05, 0.1) is 11.3 Å².